The first kappa shape index (κ1) is 15.5. The fourth-order valence-corrected chi connectivity index (χ4v) is 2.73. The molecule has 0 aliphatic carbocycles. The van der Waals surface area contributed by atoms with Crippen LogP contribution in [0.1, 0.15) is 5.69 Å². The Balaban J connectivity index is 1.67. The zero-order valence-electron chi connectivity index (χ0n) is 12.6. The number of hydrogen-bond acceptors (Lipinski definition) is 3. The molecule has 0 amide bonds. The van der Waals surface area contributed by atoms with E-state index in [-0.39, 0.29) is 0 Å². The van der Waals surface area contributed by atoms with E-state index >= 15 is 0 Å². The minimum Gasteiger partial charge on any atom is -0.391 e. The summed E-state index contributed by atoms with van der Waals surface area (Å²) in [6.07, 6.45) is 1.82. The Hall–Kier alpha value is -2.37. The monoisotopic (exact) mass is 325 g/mol. The number of aliphatic hydroxyl groups is 1. The molecule has 1 atom stereocenters. The first-order chi connectivity index (χ1) is 11.2. The number of para-hydroxylation sites is 1. The molecule has 0 saturated carbocycles. The first-order valence-corrected chi connectivity index (χ1v) is 7.96. The molecule has 0 bridgehead atoms. The van der Waals surface area contributed by atoms with Crippen LogP contribution in [0, 0.1) is 4.77 Å². The van der Waals surface area contributed by atoms with Gasteiger partial charge in [-0.05, 0) is 23.8 Å². The average molecular weight is 325 g/mol. The molecule has 3 rings (SSSR count). The number of hydrogen-bond donors (Lipinski definition) is 4. The second-order valence-corrected chi connectivity index (χ2v) is 5.83. The number of benzene rings is 2. The van der Waals surface area contributed by atoms with Crippen molar-refractivity contribution in [1.29, 1.82) is 0 Å². The Kier molecular flexibility index (Phi) is 4.90. The van der Waals surface area contributed by atoms with Crippen molar-refractivity contribution in [3.63, 3.8) is 0 Å². The minimum atomic E-state index is -0.500. The van der Waals surface area contributed by atoms with Gasteiger partial charge in [0.15, 0.2) is 4.77 Å². The fourth-order valence-electron chi connectivity index (χ4n) is 2.54. The van der Waals surface area contributed by atoms with Crippen LogP contribution >= 0.6 is 12.2 Å². The molecule has 4 nitrogen and oxygen atoms in total. The quantitative estimate of drug-likeness (QED) is 0.522. The van der Waals surface area contributed by atoms with E-state index in [0.29, 0.717) is 17.7 Å². The lowest BCUT2D eigenvalue weighted by molar-refractivity contribution is 0.187. The van der Waals surface area contributed by atoms with Gasteiger partial charge in [-0.3, -0.25) is 0 Å². The maximum absolute atomic E-state index is 10.2. The van der Waals surface area contributed by atoms with Crippen LogP contribution in [0.15, 0.2) is 60.8 Å². The molecular formula is C18H19N3OS. The topological polar surface area (TPSA) is 63.8 Å². The third kappa shape index (κ3) is 4.09. The van der Waals surface area contributed by atoms with Gasteiger partial charge < -0.3 is 20.4 Å². The summed E-state index contributed by atoms with van der Waals surface area (Å²) in [6.45, 7) is 0.468. The molecule has 0 aliphatic heterocycles. The maximum Gasteiger partial charge on any atom is 0.174 e. The Morgan fingerprint density at radius 2 is 1.78 bits per heavy atom. The van der Waals surface area contributed by atoms with Crippen LogP contribution in [0.25, 0.3) is 11.1 Å². The van der Waals surface area contributed by atoms with Crippen molar-refractivity contribution in [2.75, 3.05) is 11.9 Å². The van der Waals surface area contributed by atoms with Crippen LogP contribution in [0.5, 0.6) is 0 Å². The zero-order valence-corrected chi connectivity index (χ0v) is 13.4. The summed E-state index contributed by atoms with van der Waals surface area (Å²) in [5, 5.41) is 13.5. The zero-order chi connectivity index (χ0) is 16.1. The number of nitrogens with one attached hydrogen (secondary N) is 3. The highest BCUT2D eigenvalue weighted by atomic mass is 32.1. The third-order valence-electron chi connectivity index (χ3n) is 3.65. The van der Waals surface area contributed by atoms with Crippen LogP contribution < -0.4 is 5.32 Å². The number of aromatic amines is 2. The van der Waals surface area contributed by atoms with Gasteiger partial charge in [0.2, 0.25) is 0 Å². The van der Waals surface area contributed by atoms with E-state index in [1.165, 1.54) is 0 Å². The number of H-pyrrole nitrogens is 2. The molecule has 0 aliphatic rings. The van der Waals surface area contributed by atoms with Gasteiger partial charge in [0.1, 0.15) is 0 Å². The van der Waals surface area contributed by atoms with Gasteiger partial charge in [-0.15, -0.1) is 0 Å². The lowest BCUT2D eigenvalue weighted by atomic mass is 10.0. The standard InChI is InChI=1S/C18H19N3OS/c22-15(10-14-11-20-18(23)21-14)12-19-17-9-5-4-8-16(17)13-6-2-1-3-7-13/h1-9,11,15,19,22H,10,12H2,(H2,20,21,23). The van der Waals surface area contributed by atoms with Gasteiger partial charge in [-0.2, -0.15) is 0 Å². The van der Waals surface area contributed by atoms with Crippen molar-refractivity contribution in [2.24, 2.45) is 0 Å². The van der Waals surface area contributed by atoms with E-state index in [9.17, 15) is 5.11 Å². The maximum atomic E-state index is 10.2. The Labute approximate surface area is 140 Å². The van der Waals surface area contributed by atoms with Gasteiger partial charge in [-0.1, -0.05) is 48.5 Å². The molecule has 5 heteroatoms. The highest BCUT2D eigenvalue weighted by molar-refractivity contribution is 7.71. The van der Waals surface area contributed by atoms with Crippen molar-refractivity contribution in [3.05, 3.63) is 71.3 Å². The van der Waals surface area contributed by atoms with Gasteiger partial charge in [-0.25, -0.2) is 0 Å². The smallest absolute Gasteiger partial charge is 0.174 e. The van der Waals surface area contributed by atoms with Crippen LogP contribution in [0.4, 0.5) is 5.69 Å². The summed E-state index contributed by atoms with van der Waals surface area (Å²) in [7, 11) is 0. The van der Waals surface area contributed by atoms with Crippen molar-refractivity contribution in [1.82, 2.24) is 9.97 Å². The van der Waals surface area contributed by atoms with Crippen LogP contribution in [0.2, 0.25) is 0 Å². The number of aliphatic hydroxyl groups excluding tert-OH is 1. The van der Waals surface area contributed by atoms with Crippen molar-refractivity contribution in [3.8, 4) is 11.1 Å². The summed E-state index contributed by atoms with van der Waals surface area (Å²) in [5.74, 6) is 0. The highest BCUT2D eigenvalue weighted by Crippen LogP contribution is 2.27. The molecule has 1 aromatic heterocycles. The Morgan fingerprint density at radius 3 is 2.52 bits per heavy atom. The van der Waals surface area contributed by atoms with Crippen LogP contribution in [-0.2, 0) is 6.42 Å². The fraction of sp³-hybridized carbons (Fsp3) is 0.167. The van der Waals surface area contributed by atoms with Crippen molar-refractivity contribution < 1.29 is 5.11 Å². The third-order valence-corrected chi connectivity index (χ3v) is 3.87. The summed E-state index contributed by atoms with van der Waals surface area (Å²) >= 11 is 4.99. The van der Waals surface area contributed by atoms with Crippen LogP contribution in [0.3, 0.4) is 0 Å². The summed E-state index contributed by atoms with van der Waals surface area (Å²) in [6, 6.07) is 18.3. The molecule has 0 spiro atoms. The molecule has 23 heavy (non-hydrogen) atoms. The highest BCUT2D eigenvalue weighted by Gasteiger charge is 2.09. The van der Waals surface area contributed by atoms with E-state index in [2.05, 4.69) is 33.5 Å². The van der Waals surface area contributed by atoms with Gasteiger partial charge in [0.05, 0.1) is 6.10 Å². The molecule has 4 N–H and O–H groups in total. The van der Waals surface area contributed by atoms with E-state index in [0.717, 1.165) is 22.5 Å². The molecule has 2 aromatic carbocycles. The average Bonchev–Trinajstić information content (AvgIpc) is 2.99. The molecule has 1 heterocycles. The van der Waals surface area contributed by atoms with Crippen molar-refractivity contribution in [2.45, 2.75) is 12.5 Å². The SMILES string of the molecule is OC(CNc1ccccc1-c1ccccc1)Cc1c[nH]c(=S)[nH]1. The molecule has 1 unspecified atom stereocenters. The Bertz CT molecular complexity index is 810. The summed E-state index contributed by atoms with van der Waals surface area (Å²) < 4.78 is 0.578. The summed E-state index contributed by atoms with van der Waals surface area (Å²) in [5.41, 5.74) is 4.20. The Morgan fingerprint density at radius 1 is 1.04 bits per heavy atom. The van der Waals surface area contributed by atoms with Gasteiger partial charge in [0.25, 0.3) is 0 Å². The first-order valence-electron chi connectivity index (χ1n) is 7.55. The molecule has 118 valence electrons. The predicted octanol–water partition coefficient (Wildman–Crippen LogP) is 3.75. The van der Waals surface area contributed by atoms with E-state index in [1.54, 1.807) is 6.20 Å². The second-order valence-electron chi connectivity index (χ2n) is 5.42. The number of imidazole rings is 1. The molecule has 3 aromatic rings. The van der Waals surface area contributed by atoms with Crippen molar-refractivity contribution >= 4 is 17.9 Å². The van der Waals surface area contributed by atoms with E-state index in [4.69, 9.17) is 12.2 Å². The number of rotatable bonds is 6. The van der Waals surface area contributed by atoms with Gasteiger partial charge in [0, 0.05) is 36.1 Å². The number of anilines is 1. The molecular weight excluding hydrogens is 306 g/mol. The van der Waals surface area contributed by atoms with Crippen LogP contribution in [-0.4, -0.2) is 27.7 Å². The molecule has 0 radical (unpaired) electrons. The molecule has 0 fully saturated rings. The lowest BCUT2D eigenvalue weighted by Gasteiger charge is -2.15. The second kappa shape index (κ2) is 7.26. The largest absolute Gasteiger partial charge is 0.391 e. The van der Waals surface area contributed by atoms with E-state index < -0.39 is 6.10 Å². The van der Waals surface area contributed by atoms with Gasteiger partial charge >= 0.3 is 0 Å². The normalized spacial score (nSPS) is 12.0. The number of aromatic nitrogens is 2. The minimum absolute atomic E-state index is 0.468. The predicted molar refractivity (Wildman–Crippen MR) is 96.1 cm³/mol. The summed E-state index contributed by atoms with van der Waals surface area (Å²) in [4.78, 5) is 5.92. The molecule has 0 saturated heterocycles. The lowest BCUT2D eigenvalue weighted by Crippen LogP contribution is -2.22. The van der Waals surface area contributed by atoms with E-state index in [1.807, 2.05) is 36.4 Å².